The van der Waals surface area contributed by atoms with Crippen LogP contribution in [0.25, 0.3) is 0 Å². The van der Waals surface area contributed by atoms with Crippen molar-refractivity contribution in [3.8, 4) is 0 Å². The van der Waals surface area contributed by atoms with Crippen molar-refractivity contribution in [3.63, 3.8) is 0 Å². The Labute approximate surface area is 144 Å². The van der Waals surface area contributed by atoms with Crippen molar-refractivity contribution in [1.82, 2.24) is 10.2 Å². The molecule has 1 aromatic carbocycles. The lowest BCUT2D eigenvalue weighted by atomic mass is 10.1. The van der Waals surface area contributed by atoms with Gasteiger partial charge in [0.2, 0.25) is 5.91 Å². The topological polar surface area (TPSA) is 58.6 Å². The van der Waals surface area contributed by atoms with E-state index in [1.165, 1.54) is 0 Å². The first-order chi connectivity index (χ1) is 11.7. The molecule has 1 aliphatic heterocycles. The predicted molar refractivity (Wildman–Crippen MR) is 93.8 cm³/mol. The molecule has 1 aliphatic rings. The van der Waals surface area contributed by atoms with E-state index in [9.17, 15) is 9.59 Å². The van der Waals surface area contributed by atoms with Crippen LogP contribution in [0.4, 0.5) is 0 Å². The van der Waals surface area contributed by atoms with Crippen molar-refractivity contribution in [3.05, 3.63) is 35.4 Å². The van der Waals surface area contributed by atoms with Gasteiger partial charge in [-0.3, -0.25) is 9.59 Å². The molecule has 1 saturated heterocycles. The largest absolute Gasteiger partial charge is 0.381 e. The standard InChI is InChI=1S/C19H28N2O3/c1-2-3-13-24-14-5-11-20-19(23)17-9-7-16(8-10-17)15-21-12-4-6-18(21)22/h7-10H,2-6,11-15H2,1H3,(H,20,23). The van der Waals surface area contributed by atoms with Crippen LogP contribution in [0.5, 0.6) is 0 Å². The maximum atomic E-state index is 12.1. The smallest absolute Gasteiger partial charge is 0.251 e. The monoisotopic (exact) mass is 332 g/mol. The van der Waals surface area contributed by atoms with E-state index in [2.05, 4.69) is 12.2 Å². The van der Waals surface area contributed by atoms with Crippen LogP contribution in [-0.2, 0) is 16.1 Å². The molecule has 24 heavy (non-hydrogen) atoms. The Hall–Kier alpha value is -1.88. The van der Waals surface area contributed by atoms with Gasteiger partial charge in [-0.05, 0) is 37.0 Å². The summed E-state index contributed by atoms with van der Waals surface area (Å²) >= 11 is 0. The molecule has 0 spiro atoms. The molecule has 0 aromatic heterocycles. The summed E-state index contributed by atoms with van der Waals surface area (Å²) < 4.78 is 5.47. The maximum absolute atomic E-state index is 12.1. The SMILES string of the molecule is CCCCOCCCNC(=O)c1ccc(CN2CCCC2=O)cc1. The van der Waals surface area contributed by atoms with Crippen molar-refractivity contribution < 1.29 is 14.3 Å². The third-order valence-electron chi connectivity index (χ3n) is 4.15. The van der Waals surface area contributed by atoms with Gasteiger partial charge < -0.3 is 15.0 Å². The average molecular weight is 332 g/mol. The number of hydrogen-bond donors (Lipinski definition) is 1. The van der Waals surface area contributed by atoms with E-state index >= 15 is 0 Å². The van der Waals surface area contributed by atoms with E-state index in [-0.39, 0.29) is 11.8 Å². The minimum Gasteiger partial charge on any atom is -0.381 e. The summed E-state index contributed by atoms with van der Waals surface area (Å²) in [6.07, 6.45) is 4.65. The van der Waals surface area contributed by atoms with E-state index in [4.69, 9.17) is 4.74 Å². The van der Waals surface area contributed by atoms with Crippen LogP contribution in [-0.4, -0.2) is 43.0 Å². The fraction of sp³-hybridized carbons (Fsp3) is 0.579. The Balaban J connectivity index is 1.68. The van der Waals surface area contributed by atoms with E-state index in [0.29, 0.717) is 31.7 Å². The molecule has 0 aliphatic carbocycles. The summed E-state index contributed by atoms with van der Waals surface area (Å²) in [5, 5.41) is 2.91. The Morgan fingerprint density at radius 3 is 2.62 bits per heavy atom. The van der Waals surface area contributed by atoms with Gasteiger partial charge in [0, 0.05) is 44.8 Å². The zero-order valence-electron chi connectivity index (χ0n) is 14.6. The molecule has 1 N–H and O–H groups in total. The van der Waals surface area contributed by atoms with Crippen LogP contribution < -0.4 is 5.32 Å². The van der Waals surface area contributed by atoms with Crippen molar-refractivity contribution in [2.45, 2.75) is 45.6 Å². The van der Waals surface area contributed by atoms with Gasteiger partial charge in [0.25, 0.3) is 5.91 Å². The van der Waals surface area contributed by atoms with Crippen LogP contribution >= 0.6 is 0 Å². The van der Waals surface area contributed by atoms with Crippen LogP contribution in [0.1, 0.15) is 54.9 Å². The van der Waals surface area contributed by atoms with Crippen molar-refractivity contribution in [2.75, 3.05) is 26.3 Å². The normalized spacial score (nSPS) is 14.2. The van der Waals surface area contributed by atoms with Gasteiger partial charge in [0.05, 0.1) is 0 Å². The first-order valence-electron chi connectivity index (χ1n) is 8.93. The molecule has 132 valence electrons. The summed E-state index contributed by atoms with van der Waals surface area (Å²) in [5.41, 5.74) is 1.71. The van der Waals surface area contributed by atoms with Crippen LogP contribution in [0.3, 0.4) is 0 Å². The van der Waals surface area contributed by atoms with Gasteiger partial charge in [-0.25, -0.2) is 0 Å². The minimum atomic E-state index is -0.0626. The van der Waals surface area contributed by atoms with E-state index in [1.54, 1.807) is 0 Å². The first kappa shape index (κ1) is 18.5. The zero-order chi connectivity index (χ0) is 17.2. The molecule has 0 radical (unpaired) electrons. The van der Waals surface area contributed by atoms with Gasteiger partial charge in [-0.15, -0.1) is 0 Å². The molecular formula is C19H28N2O3. The van der Waals surface area contributed by atoms with Crippen molar-refractivity contribution >= 4 is 11.8 Å². The third kappa shape index (κ3) is 5.96. The van der Waals surface area contributed by atoms with Crippen LogP contribution in [0, 0.1) is 0 Å². The maximum Gasteiger partial charge on any atom is 0.251 e. The Kier molecular flexibility index (Phi) is 7.75. The second kappa shape index (κ2) is 10.1. The van der Waals surface area contributed by atoms with E-state index in [1.807, 2.05) is 29.2 Å². The molecule has 5 nitrogen and oxygen atoms in total. The number of amides is 2. The van der Waals surface area contributed by atoms with Gasteiger partial charge in [-0.1, -0.05) is 25.5 Å². The Bertz CT molecular complexity index is 528. The van der Waals surface area contributed by atoms with E-state index < -0.39 is 0 Å². The molecule has 0 atom stereocenters. The molecule has 1 fully saturated rings. The van der Waals surface area contributed by atoms with Gasteiger partial charge in [-0.2, -0.15) is 0 Å². The molecule has 0 unspecified atom stereocenters. The van der Waals surface area contributed by atoms with Crippen molar-refractivity contribution in [1.29, 1.82) is 0 Å². The molecule has 0 bridgehead atoms. The highest BCUT2D eigenvalue weighted by atomic mass is 16.5. The molecule has 5 heteroatoms. The number of benzene rings is 1. The minimum absolute atomic E-state index is 0.0626. The Morgan fingerprint density at radius 2 is 1.96 bits per heavy atom. The van der Waals surface area contributed by atoms with Crippen LogP contribution in [0.15, 0.2) is 24.3 Å². The average Bonchev–Trinajstić information content (AvgIpc) is 2.99. The zero-order valence-corrected chi connectivity index (χ0v) is 14.6. The third-order valence-corrected chi connectivity index (χ3v) is 4.15. The van der Waals surface area contributed by atoms with Crippen LogP contribution in [0.2, 0.25) is 0 Å². The second-order valence-corrected chi connectivity index (χ2v) is 6.19. The number of unbranched alkanes of at least 4 members (excludes halogenated alkanes) is 1. The van der Waals surface area contributed by atoms with Crippen molar-refractivity contribution in [2.24, 2.45) is 0 Å². The molecule has 2 amide bonds. The predicted octanol–water partition coefficient (Wildman–Crippen LogP) is 2.75. The number of carbonyl (C=O) groups is 2. The summed E-state index contributed by atoms with van der Waals surface area (Å²) in [7, 11) is 0. The number of rotatable bonds is 10. The molecule has 1 aromatic rings. The van der Waals surface area contributed by atoms with Gasteiger partial charge in [0.15, 0.2) is 0 Å². The highest BCUT2D eigenvalue weighted by molar-refractivity contribution is 5.94. The number of ether oxygens (including phenoxy) is 1. The molecule has 2 rings (SSSR count). The molecular weight excluding hydrogens is 304 g/mol. The summed E-state index contributed by atoms with van der Waals surface area (Å²) in [4.78, 5) is 25.6. The Morgan fingerprint density at radius 1 is 1.21 bits per heavy atom. The lowest BCUT2D eigenvalue weighted by Crippen LogP contribution is -2.26. The fourth-order valence-electron chi connectivity index (χ4n) is 2.68. The fourth-order valence-corrected chi connectivity index (χ4v) is 2.68. The summed E-state index contributed by atoms with van der Waals surface area (Å²) in [6, 6.07) is 7.49. The molecule has 0 saturated carbocycles. The quantitative estimate of drug-likeness (QED) is 0.670. The van der Waals surface area contributed by atoms with Gasteiger partial charge >= 0.3 is 0 Å². The number of nitrogens with one attached hydrogen (secondary N) is 1. The lowest BCUT2D eigenvalue weighted by Gasteiger charge is -2.15. The van der Waals surface area contributed by atoms with E-state index in [0.717, 1.165) is 44.4 Å². The summed E-state index contributed by atoms with van der Waals surface area (Å²) in [5.74, 6) is 0.158. The van der Waals surface area contributed by atoms with Gasteiger partial charge in [0.1, 0.15) is 0 Å². The second-order valence-electron chi connectivity index (χ2n) is 6.19. The number of nitrogens with zero attached hydrogens (tertiary/aromatic N) is 1. The number of carbonyl (C=O) groups excluding carboxylic acids is 2. The highest BCUT2D eigenvalue weighted by Crippen LogP contribution is 2.14. The summed E-state index contributed by atoms with van der Waals surface area (Å²) in [6.45, 7) is 5.71. The first-order valence-corrected chi connectivity index (χ1v) is 8.93. The number of likely N-dealkylation sites (tertiary alicyclic amines) is 1. The molecule has 1 heterocycles. The number of hydrogen-bond acceptors (Lipinski definition) is 3. The lowest BCUT2D eigenvalue weighted by molar-refractivity contribution is -0.128. The highest BCUT2D eigenvalue weighted by Gasteiger charge is 2.19.